The minimum atomic E-state index is -0.386. The van der Waals surface area contributed by atoms with Crippen LogP contribution in [-0.4, -0.2) is 31.3 Å². The first-order valence-electron chi connectivity index (χ1n) is 8.28. The van der Waals surface area contributed by atoms with E-state index in [1.165, 1.54) is 23.9 Å². The first-order valence-corrected chi connectivity index (χ1v) is 9.33. The van der Waals surface area contributed by atoms with E-state index < -0.39 is 0 Å². The number of nitrogens with two attached hydrogens (primary N) is 1. The van der Waals surface area contributed by atoms with Crippen molar-refractivity contribution in [1.82, 2.24) is 20.1 Å². The van der Waals surface area contributed by atoms with Gasteiger partial charge in [0.2, 0.25) is 17.8 Å². The van der Waals surface area contributed by atoms with Crippen LogP contribution in [0.1, 0.15) is 18.5 Å². The van der Waals surface area contributed by atoms with Crippen LogP contribution in [0, 0.1) is 12.7 Å². The van der Waals surface area contributed by atoms with Crippen molar-refractivity contribution in [1.29, 1.82) is 0 Å². The van der Waals surface area contributed by atoms with Gasteiger partial charge in [0.1, 0.15) is 17.4 Å². The lowest BCUT2D eigenvalue weighted by Gasteiger charge is -2.11. The minimum Gasteiger partial charge on any atom is -0.368 e. The van der Waals surface area contributed by atoms with Crippen molar-refractivity contribution in [2.45, 2.75) is 24.9 Å². The molecule has 0 bridgehead atoms. The van der Waals surface area contributed by atoms with E-state index in [1.807, 2.05) is 0 Å². The number of carbonyl (C=O) groups is 1. The Morgan fingerprint density at radius 3 is 2.71 bits per heavy atom. The van der Waals surface area contributed by atoms with E-state index in [2.05, 4.69) is 30.7 Å². The maximum atomic E-state index is 13.0. The zero-order valence-electron chi connectivity index (χ0n) is 15.1. The third kappa shape index (κ3) is 5.39. The van der Waals surface area contributed by atoms with Crippen LogP contribution in [-0.2, 0) is 10.5 Å². The summed E-state index contributed by atoms with van der Waals surface area (Å²) in [6.45, 7) is 3.50. The number of aryl methyl sites for hydroxylation is 1. The molecule has 3 rings (SSSR count). The molecular weight excluding hydrogens is 385 g/mol. The molecule has 1 amide bonds. The number of thioether (sulfide) groups is 1. The summed E-state index contributed by atoms with van der Waals surface area (Å²) in [5, 5.41) is 8.96. The maximum absolute atomic E-state index is 13.0. The number of benzene rings is 1. The van der Waals surface area contributed by atoms with Crippen molar-refractivity contribution in [3.63, 3.8) is 0 Å². The fourth-order valence-electron chi connectivity index (χ4n) is 2.15. The van der Waals surface area contributed by atoms with Crippen LogP contribution in [0.4, 0.5) is 27.8 Å². The van der Waals surface area contributed by atoms with Gasteiger partial charge in [0.25, 0.3) is 0 Å². The van der Waals surface area contributed by atoms with E-state index >= 15 is 0 Å². The van der Waals surface area contributed by atoms with Crippen molar-refractivity contribution in [2.75, 3.05) is 16.4 Å². The molecule has 0 aliphatic heterocycles. The number of hydrogen-bond donors (Lipinski definition) is 3. The first-order chi connectivity index (χ1) is 13.4. The second kappa shape index (κ2) is 8.65. The minimum absolute atomic E-state index is 0.0467. The highest BCUT2D eigenvalue weighted by Crippen LogP contribution is 2.20. The molecule has 0 saturated carbocycles. The number of nitrogens with zero attached hydrogens (tertiary/aromatic N) is 4. The Hall–Kier alpha value is -3.21. The van der Waals surface area contributed by atoms with Gasteiger partial charge < -0.3 is 20.9 Å². The van der Waals surface area contributed by atoms with Gasteiger partial charge in [-0.25, -0.2) is 4.39 Å². The number of amides is 1. The largest absolute Gasteiger partial charge is 0.368 e. The first kappa shape index (κ1) is 19.5. The lowest BCUT2D eigenvalue weighted by atomic mass is 10.3. The van der Waals surface area contributed by atoms with Crippen LogP contribution in [0.5, 0.6) is 0 Å². The molecule has 2 aromatic heterocycles. The molecule has 0 radical (unpaired) electrons. The summed E-state index contributed by atoms with van der Waals surface area (Å²) in [5.74, 6) is 1.46. The predicted molar refractivity (Wildman–Crippen MR) is 105 cm³/mol. The topological polar surface area (TPSA) is 132 Å². The van der Waals surface area contributed by atoms with E-state index in [-0.39, 0.29) is 28.9 Å². The maximum Gasteiger partial charge on any atom is 0.238 e. The van der Waals surface area contributed by atoms with Gasteiger partial charge in [-0.3, -0.25) is 4.79 Å². The van der Waals surface area contributed by atoms with E-state index in [1.54, 1.807) is 32.0 Å². The molecule has 3 aromatic rings. The molecule has 0 aliphatic rings. The van der Waals surface area contributed by atoms with Gasteiger partial charge in [0, 0.05) is 11.8 Å². The molecule has 4 N–H and O–H groups in total. The van der Waals surface area contributed by atoms with Crippen LogP contribution >= 0.6 is 11.8 Å². The Morgan fingerprint density at radius 1 is 1.29 bits per heavy atom. The van der Waals surface area contributed by atoms with Crippen LogP contribution in [0.25, 0.3) is 0 Å². The third-order valence-electron chi connectivity index (χ3n) is 3.51. The number of nitrogens with one attached hydrogen (secondary N) is 2. The van der Waals surface area contributed by atoms with Gasteiger partial charge in [0.05, 0.1) is 11.0 Å². The second-order valence-electron chi connectivity index (χ2n) is 5.83. The molecule has 2 heterocycles. The predicted octanol–water partition coefficient (Wildman–Crippen LogP) is 2.89. The molecule has 11 heteroatoms. The van der Waals surface area contributed by atoms with Crippen molar-refractivity contribution >= 4 is 41.1 Å². The quantitative estimate of drug-likeness (QED) is 0.544. The lowest BCUT2D eigenvalue weighted by molar-refractivity contribution is -0.115. The highest BCUT2D eigenvalue weighted by atomic mass is 32.2. The van der Waals surface area contributed by atoms with E-state index in [0.717, 1.165) is 0 Å². The molecule has 0 saturated heterocycles. The smallest absolute Gasteiger partial charge is 0.238 e. The Balaban J connectivity index is 1.59. The van der Waals surface area contributed by atoms with E-state index in [0.29, 0.717) is 28.8 Å². The Bertz CT molecular complexity index is 964. The molecule has 0 fully saturated rings. The van der Waals surface area contributed by atoms with Gasteiger partial charge in [0.15, 0.2) is 5.82 Å². The Kier molecular flexibility index (Phi) is 6.04. The summed E-state index contributed by atoms with van der Waals surface area (Å²) in [5.41, 5.74) is 6.35. The van der Waals surface area contributed by atoms with Crippen LogP contribution in [0.15, 0.2) is 34.9 Å². The summed E-state index contributed by atoms with van der Waals surface area (Å²) in [6, 6.07) is 7.39. The molecule has 1 aromatic carbocycles. The number of aromatic nitrogens is 4. The van der Waals surface area contributed by atoms with E-state index in [4.69, 9.17) is 10.3 Å². The van der Waals surface area contributed by atoms with Crippen molar-refractivity contribution in [3.05, 3.63) is 47.7 Å². The Labute approximate surface area is 164 Å². The number of hydrogen-bond acceptors (Lipinski definition) is 9. The van der Waals surface area contributed by atoms with Gasteiger partial charge in [-0.05, 0) is 38.1 Å². The lowest BCUT2D eigenvalue weighted by Crippen LogP contribution is -2.23. The fourth-order valence-corrected chi connectivity index (χ4v) is 2.89. The van der Waals surface area contributed by atoms with E-state index in [9.17, 15) is 9.18 Å². The number of carbonyl (C=O) groups excluding carboxylic acids is 1. The number of halogens is 1. The fraction of sp³-hybridized carbons (Fsp3) is 0.235. The summed E-state index contributed by atoms with van der Waals surface area (Å²) < 4.78 is 17.9. The molecule has 1 unspecified atom stereocenters. The van der Waals surface area contributed by atoms with Gasteiger partial charge in [-0.2, -0.15) is 15.0 Å². The molecule has 1 atom stereocenters. The summed E-state index contributed by atoms with van der Waals surface area (Å²) >= 11 is 1.33. The Morgan fingerprint density at radius 2 is 2.04 bits per heavy atom. The zero-order valence-corrected chi connectivity index (χ0v) is 16.0. The van der Waals surface area contributed by atoms with Gasteiger partial charge in [-0.15, -0.1) is 11.8 Å². The SMILES string of the molecule is Cc1cc(NC(=O)C(C)SCc2nc(N)nc(Nc3ccc(F)cc3)n2)no1. The highest BCUT2D eigenvalue weighted by Gasteiger charge is 2.16. The molecule has 0 aliphatic carbocycles. The number of anilines is 4. The molecule has 146 valence electrons. The molecule has 28 heavy (non-hydrogen) atoms. The second-order valence-corrected chi connectivity index (χ2v) is 7.16. The molecular formula is C17H18FN7O2S. The summed E-state index contributed by atoms with van der Waals surface area (Å²) in [4.78, 5) is 24.6. The van der Waals surface area contributed by atoms with Gasteiger partial charge in [-0.1, -0.05) is 5.16 Å². The number of rotatable bonds is 7. The summed E-state index contributed by atoms with van der Waals surface area (Å²) in [7, 11) is 0. The van der Waals surface area contributed by atoms with Crippen molar-refractivity contribution in [3.8, 4) is 0 Å². The average molecular weight is 403 g/mol. The highest BCUT2D eigenvalue weighted by molar-refractivity contribution is 7.99. The molecule has 9 nitrogen and oxygen atoms in total. The summed E-state index contributed by atoms with van der Waals surface area (Å²) in [6.07, 6.45) is 0. The standard InChI is InChI=1S/C17H18FN7O2S/c1-9-7-13(25-27-9)21-15(26)10(2)28-8-14-22-16(19)24-17(23-14)20-12-5-3-11(18)4-6-12/h3-7,10H,8H2,1-2H3,(H,21,25,26)(H3,19,20,22,23,24). The van der Waals surface area contributed by atoms with Gasteiger partial charge >= 0.3 is 0 Å². The zero-order chi connectivity index (χ0) is 20.1. The normalized spacial score (nSPS) is 11.8. The average Bonchev–Trinajstić information content (AvgIpc) is 3.06. The number of nitrogen functional groups attached to an aromatic ring is 1. The molecule has 0 spiro atoms. The third-order valence-corrected chi connectivity index (χ3v) is 4.65. The van der Waals surface area contributed by atoms with Crippen LogP contribution < -0.4 is 16.4 Å². The monoisotopic (exact) mass is 403 g/mol. The van der Waals surface area contributed by atoms with Crippen molar-refractivity contribution < 1.29 is 13.7 Å². The van der Waals surface area contributed by atoms with Crippen LogP contribution in [0.3, 0.4) is 0 Å². The van der Waals surface area contributed by atoms with Crippen molar-refractivity contribution in [2.24, 2.45) is 0 Å². The van der Waals surface area contributed by atoms with Crippen LogP contribution in [0.2, 0.25) is 0 Å².